The fourth-order valence-electron chi connectivity index (χ4n) is 3.75. The Kier molecular flexibility index (Phi) is 6.24. The van der Waals surface area contributed by atoms with Gasteiger partial charge in [-0.2, -0.15) is 5.10 Å². The van der Waals surface area contributed by atoms with E-state index in [1.54, 1.807) is 24.3 Å². The molecule has 150 valence electrons. The highest BCUT2D eigenvalue weighted by Gasteiger charge is 2.24. The third-order valence-electron chi connectivity index (χ3n) is 5.37. The molecule has 7 heteroatoms. The third kappa shape index (κ3) is 5.03. The predicted octanol–water partition coefficient (Wildman–Crippen LogP) is 4.04. The van der Waals surface area contributed by atoms with Crippen molar-refractivity contribution in [2.45, 2.75) is 49.6 Å². The molecule has 1 N–H and O–H groups in total. The minimum absolute atomic E-state index is 0.117. The Bertz CT molecular complexity index is 951. The van der Waals surface area contributed by atoms with E-state index in [1.807, 2.05) is 29.1 Å². The van der Waals surface area contributed by atoms with Gasteiger partial charge in [-0.15, -0.1) is 11.8 Å². The molecule has 29 heavy (non-hydrogen) atoms. The first-order valence-corrected chi connectivity index (χ1v) is 11.0. The lowest BCUT2D eigenvalue weighted by atomic mass is 9.91. The number of hydrogen-bond donors (Lipinski definition) is 1. The summed E-state index contributed by atoms with van der Waals surface area (Å²) in [7, 11) is 0. The van der Waals surface area contributed by atoms with Gasteiger partial charge in [0.05, 0.1) is 23.7 Å². The molecule has 1 saturated carbocycles. The van der Waals surface area contributed by atoms with Crippen LogP contribution in [0.25, 0.3) is 11.3 Å². The van der Waals surface area contributed by atoms with Crippen LogP contribution in [0.5, 0.6) is 0 Å². The number of benzene rings is 1. The molecule has 2 aromatic heterocycles. The van der Waals surface area contributed by atoms with Crippen molar-refractivity contribution in [3.05, 3.63) is 60.8 Å². The Morgan fingerprint density at radius 2 is 2.03 bits per heavy atom. The van der Waals surface area contributed by atoms with Gasteiger partial charge in [0.15, 0.2) is 0 Å². The smallest absolute Gasteiger partial charge is 0.230 e. The van der Waals surface area contributed by atoms with Gasteiger partial charge in [0.2, 0.25) is 5.91 Å². The second kappa shape index (κ2) is 9.22. The van der Waals surface area contributed by atoms with Gasteiger partial charge in [0, 0.05) is 28.9 Å². The van der Waals surface area contributed by atoms with Crippen molar-refractivity contribution >= 4 is 17.7 Å². The number of aryl methyl sites for hydroxylation is 1. The Hall–Kier alpha value is -2.67. The Balaban J connectivity index is 1.25. The van der Waals surface area contributed by atoms with E-state index < -0.39 is 0 Å². The summed E-state index contributed by atoms with van der Waals surface area (Å²) in [6, 6.07) is 10.7. The van der Waals surface area contributed by atoms with Crippen molar-refractivity contribution in [1.82, 2.24) is 25.1 Å². The van der Waals surface area contributed by atoms with E-state index >= 15 is 0 Å². The number of carbonyl (C=O) groups is 1. The van der Waals surface area contributed by atoms with Crippen LogP contribution in [-0.4, -0.2) is 37.5 Å². The van der Waals surface area contributed by atoms with Crippen LogP contribution in [0.15, 0.2) is 60.1 Å². The van der Waals surface area contributed by atoms with E-state index in [-0.39, 0.29) is 11.9 Å². The normalized spacial score (nSPS) is 19.1. The number of hydrogen-bond acceptors (Lipinski definition) is 5. The number of nitrogens with zero attached hydrogens (tertiary/aromatic N) is 4. The summed E-state index contributed by atoms with van der Waals surface area (Å²) in [6.45, 7) is 2.08. The number of amides is 1. The molecule has 1 amide bonds. The summed E-state index contributed by atoms with van der Waals surface area (Å²) in [4.78, 5) is 21.8. The third-order valence-corrected chi connectivity index (χ3v) is 6.54. The number of rotatable bonds is 6. The van der Waals surface area contributed by atoms with E-state index in [9.17, 15) is 4.79 Å². The van der Waals surface area contributed by atoms with E-state index in [1.165, 1.54) is 10.5 Å². The highest BCUT2D eigenvalue weighted by molar-refractivity contribution is 8.00. The molecule has 0 spiro atoms. The van der Waals surface area contributed by atoms with Gasteiger partial charge in [0.1, 0.15) is 6.33 Å². The van der Waals surface area contributed by atoms with Crippen molar-refractivity contribution in [3.63, 3.8) is 0 Å². The van der Waals surface area contributed by atoms with Crippen molar-refractivity contribution in [3.8, 4) is 11.3 Å². The van der Waals surface area contributed by atoms with Crippen LogP contribution < -0.4 is 5.32 Å². The van der Waals surface area contributed by atoms with E-state index in [0.29, 0.717) is 11.8 Å². The van der Waals surface area contributed by atoms with Gasteiger partial charge in [-0.3, -0.25) is 9.48 Å². The lowest BCUT2D eigenvalue weighted by Gasteiger charge is -2.29. The number of thioether (sulfide) groups is 1. The quantitative estimate of drug-likeness (QED) is 0.624. The van der Waals surface area contributed by atoms with Gasteiger partial charge in [0.25, 0.3) is 0 Å². The van der Waals surface area contributed by atoms with Gasteiger partial charge >= 0.3 is 0 Å². The predicted molar refractivity (Wildman–Crippen MR) is 115 cm³/mol. The highest BCUT2D eigenvalue weighted by Crippen LogP contribution is 2.29. The minimum atomic E-state index is 0.117. The summed E-state index contributed by atoms with van der Waals surface area (Å²) in [5, 5.41) is 7.74. The molecule has 3 aromatic rings. The zero-order valence-corrected chi connectivity index (χ0v) is 17.3. The molecule has 4 rings (SSSR count). The second-order valence-electron chi connectivity index (χ2n) is 7.43. The molecule has 2 heterocycles. The van der Waals surface area contributed by atoms with E-state index in [4.69, 9.17) is 0 Å². The topological polar surface area (TPSA) is 72.7 Å². The molecule has 0 radical (unpaired) electrons. The SMILES string of the molecule is Cc1ccccc1SCC(=O)NC1CCC(n2cc(-c3ccncn3)cn2)CC1. The summed E-state index contributed by atoms with van der Waals surface area (Å²) in [5.74, 6) is 0.582. The van der Waals surface area contributed by atoms with Crippen LogP contribution in [0.4, 0.5) is 0 Å². The Morgan fingerprint density at radius 1 is 1.21 bits per heavy atom. The zero-order chi connectivity index (χ0) is 20.1. The summed E-state index contributed by atoms with van der Waals surface area (Å²) >= 11 is 1.61. The van der Waals surface area contributed by atoms with Crippen LogP contribution in [0.2, 0.25) is 0 Å². The second-order valence-corrected chi connectivity index (χ2v) is 8.45. The first-order chi connectivity index (χ1) is 14.2. The van der Waals surface area contributed by atoms with Crippen LogP contribution in [0.3, 0.4) is 0 Å². The maximum absolute atomic E-state index is 12.3. The molecule has 6 nitrogen and oxygen atoms in total. The van der Waals surface area contributed by atoms with Crippen LogP contribution in [0, 0.1) is 6.92 Å². The first-order valence-electron chi connectivity index (χ1n) is 9.97. The molecule has 0 bridgehead atoms. The summed E-state index contributed by atoms with van der Waals surface area (Å²) < 4.78 is 2.05. The molecule has 1 aliphatic rings. The Labute approximate surface area is 175 Å². The minimum Gasteiger partial charge on any atom is -0.353 e. The fraction of sp³-hybridized carbons (Fsp3) is 0.364. The number of nitrogens with one attached hydrogen (secondary N) is 1. The molecule has 1 aromatic carbocycles. The average Bonchev–Trinajstić information content (AvgIpc) is 3.25. The van der Waals surface area contributed by atoms with E-state index in [2.05, 4.69) is 45.6 Å². The molecule has 0 unspecified atom stereocenters. The van der Waals surface area contributed by atoms with Gasteiger partial charge in [-0.05, 0) is 50.3 Å². The lowest BCUT2D eigenvalue weighted by molar-refractivity contribution is -0.119. The molecule has 0 aliphatic heterocycles. The van der Waals surface area contributed by atoms with E-state index in [0.717, 1.165) is 36.9 Å². The van der Waals surface area contributed by atoms with Crippen molar-refractivity contribution in [1.29, 1.82) is 0 Å². The standard InChI is InChI=1S/C22H25N5OS/c1-16-4-2-3-5-21(16)29-14-22(28)26-18-6-8-19(9-7-18)27-13-17(12-25-27)20-10-11-23-15-24-20/h2-5,10-13,15,18-19H,6-9,14H2,1H3,(H,26,28). The van der Waals surface area contributed by atoms with Gasteiger partial charge < -0.3 is 5.32 Å². The first kappa shape index (κ1) is 19.6. The van der Waals surface area contributed by atoms with Crippen molar-refractivity contribution in [2.75, 3.05) is 5.75 Å². The highest BCUT2D eigenvalue weighted by atomic mass is 32.2. The number of carbonyl (C=O) groups excluding carboxylic acids is 1. The van der Waals surface area contributed by atoms with Crippen LogP contribution in [0.1, 0.15) is 37.3 Å². The van der Waals surface area contributed by atoms with Crippen molar-refractivity contribution < 1.29 is 4.79 Å². The Morgan fingerprint density at radius 3 is 2.79 bits per heavy atom. The van der Waals surface area contributed by atoms with Crippen LogP contribution >= 0.6 is 11.8 Å². The van der Waals surface area contributed by atoms with Gasteiger partial charge in [-0.1, -0.05) is 18.2 Å². The van der Waals surface area contributed by atoms with Gasteiger partial charge in [-0.25, -0.2) is 9.97 Å². The molecule has 1 aliphatic carbocycles. The molecular weight excluding hydrogens is 382 g/mol. The van der Waals surface area contributed by atoms with Crippen molar-refractivity contribution in [2.24, 2.45) is 0 Å². The molecule has 0 atom stereocenters. The van der Waals surface area contributed by atoms with Crippen LogP contribution in [-0.2, 0) is 4.79 Å². The molecular formula is C22H25N5OS. The lowest BCUT2D eigenvalue weighted by Crippen LogP contribution is -2.39. The fourth-order valence-corrected chi connectivity index (χ4v) is 4.59. The summed E-state index contributed by atoms with van der Waals surface area (Å²) in [6.07, 6.45) is 11.2. The number of aromatic nitrogens is 4. The largest absolute Gasteiger partial charge is 0.353 e. The maximum Gasteiger partial charge on any atom is 0.230 e. The zero-order valence-electron chi connectivity index (χ0n) is 16.5. The molecule has 0 saturated heterocycles. The monoisotopic (exact) mass is 407 g/mol. The summed E-state index contributed by atoms with van der Waals surface area (Å²) in [5.41, 5.74) is 3.11. The maximum atomic E-state index is 12.3. The average molecular weight is 408 g/mol. The molecule has 1 fully saturated rings.